The van der Waals surface area contributed by atoms with E-state index in [9.17, 15) is 14.4 Å². The van der Waals surface area contributed by atoms with E-state index < -0.39 is 11.4 Å². The molecule has 5 heteroatoms. The van der Waals surface area contributed by atoms with Crippen LogP contribution in [0.1, 0.15) is 58.3 Å². The number of ether oxygens (including phenoxy) is 2. The van der Waals surface area contributed by atoms with Crippen LogP contribution in [-0.2, 0) is 23.9 Å². The lowest BCUT2D eigenvalue weighted by atomic mass is 9.70. The summed E-state index contributed by atoms with van der Waals surface area (Å²) in [6, 6.07) is 0. The molecule has 0 spiro atoms. The number of hydrogen-bond acceptors (Lipinski definition) is 5. The number of carbonyl (C=O) groups is 3. The highest BCUT2D eigenvalue weighted by Crippen LogP contribution is 2.38. The van der Waals surface area contributed by atoms with Crippen molar-refractivity contribution in [2.24, 2.45) is 5.41 Å². The molecule has 0 bridgehead atoms. The Kier molecular flexibility index (Phi) is 6.68. The number of Topliss-reactive ketones (excluding diaryl/α,β-unsaturated/α-hetero) is 1. The average Bonchev–Trinajstić information content (AvgIpc) is 2.46. The first-order valence-corrected chi connectivity index (χ1v) is 7.34. The van der Waals surface area contributed by atoms with Gasteiger partial charge in [-0.15, -0.1) is 0 Å². The van der Waals surface area contributed by atoms with Gasteiger partial charge >= 0.3 is 11.9 Å². The summed E-state index contributed by atoms with van der Waals surface area (Å²) in [4.78, 5) is 35.7. The van der Waals surface area contributed by atoms with E-state index in [4.69, 9.17) is 9.47 Å². The van der Waals surface area contributed by atoms with E-state index in [1.54, 1.807) is 0 Å². The normalized spacial score (nSPS) is 22.4. The van der Waals surface area contributed by atoms with E-state index in [0.717, 1.165) is 25.7 Å². The number of hydrogen-bond donors (Lipinski definition) is 0. The van der Waals surface area contributed by atoms with Gasteiger partial charge in [0.2, 0.25) is 0 Å². The first-order valence-electron chi connectivity index (χ1n) is 7.34. The fraction of sp³-hybridized carbons (Fsp3) is 0.800. The molecular weight excluding hydrogens is 260 g/mol. The lowest BCUT2D eigenvalue weighted by molar-refractivity contribution is -0.161. The predicted octanol–water partition coefficient (Wildman–Crippen LogP) is 2.41. The van der Waals surface area contributed by atoms with Crippen molar-refractivity contribution in [3.8, 4) is 0 Å². The zero-order valence-corrected chi connectivity index (χ0v) is 12.4. The minimum atomic E-state index is -1.13. The molecule has 0 aromatic heterocycles. The van der Waals surface area contributed by atoms with Gasteiger partial charge in [-0.3, -0.25) is 14.4 Å². The van der Waals surface area contributed by atoms with E-state index in [0.29, 0.717) is 19.4 Å². The van der Waals surface area contributed by atoms with Crippen molar-refractivity contribution in [3.63, 3.8) is 0 Å². The lowest BCUT2D eigenvalue weighted by Gasteiger charge is -2.32. The maximum absolute atomic E-state index is 12.1. The molecule has 1 rings (SSSR count). The first-order chi connectivity index (χ1) is 9.56. The quantitative estimate of drug-likeness (QED) is 0.408. The molecule has 0 aromatic carbocycles. The second-order valence-electron chi connectivity index (χ2n) is 5.28. The SMILES string of the molecule is CCCCOC(=O)CCC1(C(=O)OC)CCCCC1=O. The van der Waals surface area contributed by atoms with Gasteiger partial charge < -0.3 is 9.47 Å². The number of unbranched alkanes of at least 4 members (excludes halogenated alkanes) is 1. The monoisotopic (exact) mass is 284 g/mol. The Morgan fingerprint density at radius 1 is 1.30 bits per heavy atom. The number of esters is 2. The van der Waals surface area contributed by atoms with Crippen molar-refractivity contribution in [1.29, 1.82) is 0 Å². The fourth-order valence-electron chi connectivity index (χ4n) is 2.59. The molecule has 0 aliphatic heterocycles. The van der Waals surface area contributed by atoms with Crippen molar-refractivity contribution >= 4 is 17.7 Å². The second kappa shape index (κ2) is 8.02. The third kappa shape index (κ3) is 4.05. The predicted molar refractivity (Wildman–Crippen MR) is 73.0 cm³/mol. The standard InChI is InChI=1S/C15H24O5/c1-3-4-11-20-13(17)8-10-15(14(18)19-2)9-6-5-7-12(15)16/h3-11H2,1-2H3. The summed E-state index contributed by atoms with van der Waals surface area (Å²) in [5.41, 5.74) is -1.13. The van der Waals surface area contributed by atoms with Gasteiger partial charge in [0.15, 0.2) is 0 Å². The minimum Gasteiger partial charge on any atom is -0.468 e. The molecular formula is C15H24O5. The molecule has 1 atom stereocenters. The van der Waals surface area contributed by atoms with Gasteiger partial charge in [0.1, 0.15) is 11.2 Å². The van der Waals surface area contributed by atoms with Crippen LogP contribution < -0.4 is 0 Å². The Bertz CT molecular complexity index is 353. The molecule has 0 amide bonds. The number of ketones is 1. The van der Waals surface area contributed by atoms with Crippen LogP contribution in [-0.4, -0.2) is 31.4 Å². The van der Waals surface area contributed by atoms with Gasteiger partial charge in [-0.05, 0) is 25.7 Å². The van der Waals surface area contributed by atoms with E-state index in [1.807, 2.05) is 6.92 Å². The van der Waals surface area contributed by atoms with E-state index in [-0.39, 0.29) is 24.6 Å². The summed E-state index contributed by atoms with van der Waals surface area (Å²) >= 11 is 0. The van der Waals surface area contributed by atoms with Crippen molar-refractivity contribution in [1.82, 2.24) is 0 Å². The number of methoxy groups -OCH3 is 1. The van der Waals surface area contributed by atoms with Gasteiger partial charge in [0.05, 0.1) is 13.7 Å². The summed E-state index contributed by atoms with van der Waals surface area (Å²) in [5.74, 6) is -0.958. The Morgan fingerprint density at radius 3 is 2.65 bits per heavy atom. The van der Waals surface area contributed by atoms with E-state index in [1.165, 1.54) is 7.11 Å². The molecule has 114 valence electrons. The van der Waals surface area contributed by atoms with Crippen LogP contribution in [0.25, 0.3) is 0 Å². The van der Waals surface area contributed by atoms with Gasteiger partial charge in [-0.2, -0.15) is 0 Å². The van der Waals surface area contributed by atoms with Crippen LogP contribution in [0.5, 0.6) is 0 Å². The molecule has 1 fully saturated rings. The van der Waals surface area contributed by atoms with Crippen molar-refractivity contribution in [3.05, 3.63) is 0 Å². The summed E-state index contributed by atoms with van der Waals surface area (Å²) in [5, 5.41) is 0. The Balaban J connectivity index is 2.60. The zero-order chi connectivity index (χ0) is 15.0. The van der Waals surface area contributed by atoms with Crippen molar-refractivity contribution < 1.29 is 23.9 Å². The largest absolute Gasteiger partial charge is 0.468 e. The maximum Gasteiger partial charge on any atom is 0.319 e. The van der Waals surface area contributed by atoms with E-state index >= 15 is 0 Å². The highest BCUT2D eigenvalue weighted by Gasteiger charge is 2.47. The van der Waals surface area contributed by atoms with Gasteiger partial charge in [-0.1, -0.05) is 19.8 Å². The van der Waals surface area contributed by atoms with Crippen LogP contribution in [0.4, 0.5) is 0 Å². The second-order valence-corrected chi connectivity index (χ2v) is 5.28. The zero-order valence-electron chi connectivity index (χ0n) is 12.4. The van der Waals surface area contributed by atoms with Crippen LogP contribution in [0.3, 0.4) is 0 Å². The summed E-state index contributed by atoms with van der Waals surface area (Å²) < 4.78 is 9.85. The van der Waals surface area contributed by atoms with Crippen molar-refractivity contribution in [2.75, 3.05) is 13.7 Å². The van der Waals surface area contributed by atoms with Gasteiger partial charge in [-0.25, -0.2) is 0 Å². The summed E-state index contributed by atoms with van der Waals surface area (Å²) in [7, 11) is 1.28. The van der Waals surface area contributed by atoms with Crippen LogP contribution in [0, 0.1) is 5.41 Å². The third-order valence-corrected chi connectivity index (χ3v) is 3.88. The Hall–Kier alpha value is -1.39. The lowest BCUT2D eigenvalue weighted by Crippen LogP contribution is -2.43. The molecule has 1 aliphatic carbocycles. The van der Waals surface area contributed by atoms with Crippen LogP contribution in [0.15, 0.2) is 0 Å². The Morgan fingerprint density at radius 2 is 2.05 bits per heavy atom. The topological polar surface area (TPSA) is 69.7 Å². The van der Waals surface area contributed by atoms with E-state index in [2.05, 4.69) is 0 Å². The highest BCUT2D eigenvalue weighted by molar-refractivity contribution is 6.04. The first kappa shape index (κ1) is 16.7. The molecule has 0 radical (unpaired) electrons. The summed E-state index contributed by atoms with van der Waals surface area (Å²) in [6.07, 6.45) is 4.55. The molecule has 20 heavy (non-hydrogen) atoms. The molecule has 1 unspecified atom stereocenters. The number of carbonyl (C=O) groups excluding carboxylic acids is 3. The Labute approximate surface area is 120 Å². The third-order valence-electron chi connectivity index (χ3n) is 3.88. The van der Waals surface area contributed by atoms with Gasteiger partial charge in [0.25, 0.3) is 0 Å². The van der Waals surface area contributed by atoms with Crippen LogP contribution in [0.2, 0.25) is 0 Å². The fourth-order valence-corrected chi connectivity index (χ4v) is 2.59. The number of rotatable bonds is 7. The summed E-state index contributed by atoms with van der Waals surface area (Å²) in [6.45, 7) is 2.41. The molecule has 0 saturated heterocycles. The maximum atomic E-state index is 12.1. The highest BCUT2D eigenvalue weighted by atomic mass is 16.5. The minimum absolute atomic E-state index is 0.0879. The molecule has 0 aromatic rings. The average molecular weight is 284 g/mol. The molecule has 1 saturated carbocycles. The smallest absolute Gasteiger partial charge is 0.319 e. The van der Waals surface area contributed by atoms with Crippen molar-refractivity contribution in [2.45, 2.75) is 58.3 Å². The molecule has 0 heterocycles. The van der Waals surface area contributed by atoms with Gasteiger partial charge in [0, 0.05) is 12.8 Å². The molecule has 5 nitrogen and oxygen atoms in total. The van der Waals surface area contributed by atoms with Crippen LogP contribution >= 0.6 is 0 Å². The molecule has 0 N–H and O–H groups in total. The molecule has 1 aliphatic rings.